The van der Waals surface area contributed by atoms with Crippen LogP contribution in [0.1, 0.15) is 60.6 Å². The van der Waals surface area contributed by atoms with Crippen LogP contribution in [0.2, 0.25) is 0 Å². The molecule has 0 bridgehead atoms. The maximum atomic E-state index is 11.8. The fourth-order valence-electron chi connectivity index (χ4n) is 5.51. The summed E-state index contributed by atoms with van der Waals surface area (Å²) in [5.74, 6) is 0.868. The van der Waals surface area contributed by atoms with Crippen molar-refractivity contribution in [1.82, 2.24) is 4.90 Å². The molecule has 170 valence electrons. The van der Waals surface area contributed by atoms with Gasteiger partial charge in [0, 0.05) is 50.8 Å². The second kappa shape index (κ2) is 8.18. The second-order valence-electron chi connectivity index (χ2n) is 9.67. The van der Waals surface area contributed by atoms with Gasteiger partial charge in [0.15, 0.2) is 0 Å². The number of aliphatic hydroxyl groups excluding tert-OH is 2. The van der Waals surface area contributed by atoms with Gasteiger partial charge in [0.25, 0.3) is 0 Å². The number of aryl methyl sites for hydroxylation is 1. The number of nitrogens with zero attached hydrogens (tertiary/aromatic N) is 2. The number of anilines is 1. The van der Waals surface area contributed by atoms with E-state index in [1.165, 1.54) is 0 Å². The fourth-order valence-corrected chi connectivity index (χ4v) is 5.51. The smallest absolute Gasteiger partial charge is 0.223 e. The van der Waals surface area contributed by atoms with Crippen LogP contribution in [-0.4, -0.2) is 52.8 Å². The van der Waals surface area contributed by atoms with Crippen molar-refractivity contribution in [3.8, 4) is 5.75 Å². The van der Waals surface area contributed by atoms with Gasteiger partial charge in [-0.3, -0.25) is 4.79 Å². The molecular weight excluding hydrogens is 404 g/mol. The highest BCUT2D eigenvalue weighted by molar-refractivity contribution is 5.93. The molecule has 2 aromatic carbocycles. The highest BCUT2D eigenvalue weighted by Crippen LogP contribution is 2.44. The number of carbonyl (C=O) groups is 1. The first kappa shape index (κ1) is 21.4. The van der Waals surface area contributed by atoms with Crippen LogP contribution < -0.4 is 9.64 Å². The van der Waals surface area contributed by atoms with Crippen LogP contribution in [0.4, 0.5) is 5.69 Å². The summed E-state index contributed by atoms with van der Waals surface area (Å²) in [5.41, 5.74) is 4.71. The molecule has 0 aliphatic carbocycles. The van der Waals surface area contributed by atoms with Gasteiger partial charge in [-0.2, -0.15) is 0 Å². The first-order valence-electron chi connectivity index (χ1n) is 11.6. The topological polar surface area (TPSA) is 73.2 Å². The monoisotopic (exact) mass is 436 g/mol. The number of benzene rings is 2. The van der Waals surface area contributed by atoms with E-state index in [0.717, 1.165) is 66.0 Å². The van der Waals surface area contributed by atoms with Crippen LogP contribution in [0.15, 0.2) is 36.4 Å². The molecule has 3 aliphatic rings. The Bertz CT molecular complexity index is 1030. The predicted octanol–water partition coefficient (Wildman–Crippen LogP) is 3.29. The third kappa shape index (κ3) is 3.91. The fraction of sp³-hybridized carbons (Fsp3) is 0.500. The summed E-state index contributed by atoms with van der Waals surface area (Å²) in [6.45, 7) is 6.57. The summed E-state index contributed by atoms with van der Waals surface area (Å²) in [6, 6.07) is 12.0. The van der Waals surface area contributed by atoms with Crippen molar-refractivity contribution in [2.24, 2.45) is 0 Å². The number of ether oxygens (including phenoxy) is 1. The minimum absolute atomic E-state index is 0.0621. The number of hydrogen-bond acceptors (Lipinski definition) is 5. The molecule has 2 N–H and O–H groups in total. The lowest BCUT2D eigenvalue weighted by Crippen LogP contribution is -2.51. The molecule has 0 saturated carbocycles. The van der Waals surface area contributed by atoms with Crippen LogP contribution in [0.3, 0.4) is 0 Å². The maximum Gasteiger partial charge on any atom is 0.223 e. The Morgan fingerprint density at radius 3 is 2.72 bits per heavy atom. The van der Waals surface area contributed by atoms with Crippen molar-refractivity contribution in [2.75, 3.05) is 31.1 Å². The lowest BCUT2D eigenvalue weighted by molar-refractivity contribution is -0.116. The molecule has 3 aliphatic heterocycles. The number of aliphatic hydroxyl groups is 2. The van der Waals surface area contributed by atoms with Gasteiger partial charge in [-0.1, -0.05) is 23.8 Å². The molecule has 1 spiro atoms. The van der Waals surface area contributed by atoms with Crippen molar-refractivity contribution in [3.05, 3.63) is 58.7 Å². The number of carbonyl (C=O) groups excluding carboxylic acids is 1. The average molecular weight is 437 g/mol. The number of hydrogen-bond donors (Lipinski definition) is 2. The molecule has 0 unspecified atom stereocenters. The van der Waals surface area contributed by atoms with Crippen LogP contribution in [0, 0.1) is 6.92 Å². The zero-order valence-electron chi connectivity index (χ0n) is 18.9. The summed E-state index contributed by atoms with van der Waals surface area (Å²) in [5, 5.41) is 21.6. The lowest BCUT2D eigenvalue weighted by Gasteiger charge is -2.46. The summed E-state index contributed by atoms with van der Waals surface area (Å²) in [7, 11) is 0. The third-order valence-electron chi connectivity index (χ3n) is 7.38. The molecule has 5 rings (SSSR count). The molecule has 6 nitrogen and oxygen atoms in total. The number of rotatable bonds is 3. The first-order chi connectivity index (χ1) is 15.3. The van der Waals surface area contributed by atoms with Crippen molar-refractivity contribution in [1.29, 1.82) is 0 Å². The van der Waals surface area contributed by atoms with E-state index < -0.39 is 12.2 Å². The van der Waals surface area contributed by atoms with Gasteiger partial charge in [-0.25, -0.2) is 0 Å². The molecule has 0 radical (unpaired) electrons. The Balaban J connectivity index is 1.21. The van der Waals surface area contributed by atoms with Gasteiger partial charge in [0.05, 0.1) is 12.2 Å². The largest absolute Gasteiger partial charge is 0.487 e. The first-order valence-corrected chi connectivity index (χ1v) is 11.6. The molecule has 2 aromatic rings. The SMILES string of the molecule is CC(=O)N1CCc2cc([C@H](O)CN3CCC4(CC3)C[C@H](O)c3cc(C)ccc3O4)ccc21. The Labute approximate surface area is 189 Å². The van der Waals surface area contributed by atoms with Crippen LogP contribution in [0.5, 0.6) is 5.75 Å². The van der Waals surface area contributed by atoms with Crippen molar-refractivity contribution in [3.63, 3.8) is 0 Å². The van der Waals surface area contributed by atoms with Gasteiger partial charge in [0.1, 0.15) is 11.4 Å². The number of fused-ring (bicyclic) bond motifs is 2. The van der Waals surface area contributed by atoms with E-state index in [4.69, 9.17) is 4.74 Å². The van der Waals surface area contributed by atoms with E-state index in [-0.39, 0.29) is 11.5 Å². The minimum Gasteiger partial charge on any atom is -0.487 e. The maximum absolute atomic E-state index is 11.8. The number of likely N-dealkylation sites (tertiary alicyclic amines) is 1. The van der Waals surface area contributed by atoms with Crippen LogP contribution in [0.25, 0.3) is 0 Å². The van der Waals surface area contributed by atoms with Gasteiger partial charge in [0.2, 0.25) is 5.91 Å². The number of β-amino-alcohol motifs (C(OH)–C–C–N with tert-alkyl or cyclic N) is 1. The number of amides is 1. The Hall–Kier alpha value is -2.41. The van der Waals surface area contributed by atoms with Crippen LogP contribution >= 0.6 is 0 Å². The van der Waals surface area contributed by atoms with Gasteiger partial charge in [-0.05, 0) is 55.5 Å². The zero-order valence-corrected chi connectivity index (χ0v) is 18.9. The molecule has 3 heterocycles. The van der Waals surface area contributed by atoms with E-state index >= 15 is 0 Å². The summed E-state index contributed by atoms with van der Waals surface area (Å²) in [6.07, 6.45) is 2.07. The van der Waals surface area contributed by atoms with Crippen molar-refractivity contribution in [2.45, 2.75) is 57.3 Å². The molecule has 1 amide bonds. The van der Waals surface area contributed by atoms with Gasteiger partial charge >= 0.3 is 0 Å². The molecule has 32 heavy (non-hydrogen) atoms. The normalized spacial score (nSPS) is 22.9. The minimum atomic E-state index is -0.567. The zero-order chi connectivity index (χ0) is 22.5. The highest BCUT2D eigenvalue weighted by atomic mass is 16.5. The quantitative estimate of drug-likeness (QED) is 0.773. The van der Waals surface area contributed by atoms with Gasteiger partial charge < -0.3 is 24.7 Å². The molecule has 1 saturated heterocycles. The molecular formula is C26H32N2O4. The van der Waals surface area contributed by atoms with E-state index in [2.05, 4.69) is 4.90 Å². The molecule has 1 fully saturated rings. The predicted molar refractivity (Wildman–Crippen MR) is 123 cm³/mol. The second-order valence-corrected chi connectivity index (χ2v) is 9.67. The van der Waals surface area contributed by atoms with E-state index in [1.54, 1.807) is 11.8 Å². The molecule has 2 atom stereocenters. The Morgan fingerprint density at radius 1 is 1.19 bits per heavy atom. The average Bonchev–Trinajstić information content (AvgIpc) is 3.20. The summed E-state index contributed by atoms with van der Waals surface area (Å²) in [4.78, 5) is 15.8. The summed E-state index contributed by atoms with van der Waals surface area (Å²) < 4.78 is 6.42. The lowest BCUT2D eigenvalue weighted by atomic mass is 9.81. The molecule has 0 aromatic heterocycles. The van der Waals surface area contributed by atoms with E-state index in [1.807, 2.05) is 43.3 Å². The summed E-state index contributed by atoms with van der Waals surface area (Å²) >= 11 is 0. The third-order valence-corrected chi connectivity index (χ3v) is 7.38. The Morgan fingerprint density at radius 2 is 1.97 bits per heavy atom. The highest BCUT2D eigenvalue weighted by Gasteiger charge is 2.43. The van der Waals surface area contributed by atoms with Crippen molar-refractivity contribution < 1.29 is 19.7 Å². The Kier molecular flexibility index (Phi) is 5.48. The number of piperidine rings is 1. The van der Waals surface area contributed by atoms with Crippen LogP contribution in [-0.2, 0) is 11.2 Å². The standard InChI is InChI=1S/C26H32N2O4/c1-17-3-6-25-21(13-17)23(30)15-26(32-25)8-11-27(12-9-26)16-24(31)20-4-5-22-19(14-20)7-10-28(22)18(2)29/h3-6,13-14,23-24,30-31H,7-12,15-16H2,1-2H3/t23-,24+/m0/s1. The molecule has 6 heteroatoms. The van der Waals surface area contributed by atoms with E-state index in [9.17, 15) is 15.0 Å². The van der Waals surface area contributed by atoms with Gasteiger partial charge in [-0.15, -0.1) is 0 Å². The van der Waals surface area contributed by atoms with E-state index in [0.29, 0.717) is 19.5 Å². The van der Waals surface area contributed by atoms with Crippen molar-refractivity contribution >= 4 is 11.6 Å².